The highest BCUT2D eigenvalue weighted by Gasteiger charge is 2.10. The molecule has 0 radical (unpaired) electrons. The molecule has 0 aromatic rings. The maximum Gasteiger partial charge on any atom is 0.251 e. The van der Waals surface area contributed by atoms with Crippen molar-refractivity contribution < 1.29 is 14.3 Å². The average molecular weight is 218 g/mol. The summed E-state index contributed by atoms with van der Waals surface area (Å²) in [6, 6.07) is 0. The van der Waals surface area contributed by atoms with Crippen LogP contribution in [0.1, 0.15) is 0 Å². The van der Waals surface area contributed by atoms with Gasteiger partial charge in [0, 0.05) is 12.9 Å². The summed E-state index contributed by atoms with van der Waals surface area (Å²) < 4.78 is 9.82. The third kappa shape index (κ3) is 4.59. The normalized spacial score (nSPS) is 15.4. The third-order valence-electron chi connectivity index (χ3n) is 1.50. The molecule has 1 rings (SSSR count). The zero-order chi connectivity index (χ0) is 10.2. The van der Waals surface area contributed by atoms with Crippen molar-refractivity contribution in [2.45, 2.75) is 0 Å². The van der Waals surface area contributed by atoms with E-state index in [0.717, 1.165) is 12.3 Å². The average Bonchev–Trinajstić information content (AvgIpc) is 2.65. The minimum atomic E-state index is -0.158. The molecule has 0 saturated heterocycles. The minimum Gasteiger partial charge on any atom is -0.382 e. The van der Waals surface area contributed by atoms with Crippen LogP contribution in [0.4, 0.5) is 0 Å². The Balaban J connectivity index is 2.04. The number of amidine groups is 1. The largest absolute Gasteiger partial charge is 0.382 e. The van der Waals surface area contributed by atoms with Gasteiger partial charge < -0.3 is 14.8 Å². The van der Waals surface area contributed by atoms with Crippen LogP contribution >= 0.6 is 11.8 Å². The van der Waals surface area contributed by atoms with Crippen LogP contribution in [0.5, 0.6) is 0 Å². The zero-order valence-corrected chi connectivity index (χ0v) is 8.93. The zero-order valence-electron chi connectivity index (χ0n) is 8.12. The molecule has 80 valence electrons. The molecule has 0 unspecified atom stereocenters. The molecule has 6 heteroatoms. The third-order valence-corrected chi connectivity index (χ3v) is 2.39. The van der Waals surface area contributed by atoms with Crippen molar-refractivity contribution >= 4 is 22.8 Å². The lowest BCUT2D eigenvalue weighted by molar-refractivity contribution is -0.124. The predicted molar refractivity (Wildman–Crippen MR) is 55.6 cm³/mol. The van der Waals surface area contributed by atoms with Gasteiger partial charge in [-0.3, -0.25) is 9.79 Å². The van der Waals surface area contributed by atoms with Crippen LogP contribution in [0, 0.1) is 0 Å². The van der Waals surface area contributed by atoms with Crippen LogP contribution in [0.2, 0.25) is 0 Å². The van der Waals surface area contributed by atoms with E-state index in [1.54, 1.807) is 18.9 Å². The molecule has 14 heavy (non-hydrogen) atoms. The summed E-state index contributed by atoms with van der Waals surface area (Å²) in [7, 11) is 1.59. The van der Waals surface area contributed by atoms with Crippen molar-refractivity contribution in [2.24, 2.45) is 4.99 Å². The van der Waals surface area contributed by atoms with Crippen LogP contribution in [-0.2, 0) is 14.3 Å². The molecule has 0 saturated carbocycles. The van der Waals surface area contributed by atoms with E-state index in [1.807, 2.05) is 0 Å². The summed E-state index contributed by atoms with van der Waals surface area (Å²) in [6.07, 6.45) is 0. The summed E-state index contributed by atoms with van der Waals surface area (Å²) in [5.41, 5.74) is 0. The van der Waals surface area contributed by atoms with Crippen molar-refractivity contribution in [2.75, 3.05) is 39.2 Å². The number of nitrogens with zero attached hydrogens (tertiary/aromatic N) is 1. The minimum absolute atomic E-state index is 0.0585. The summed E-state index contributed by atoms with van der Waals surface area (Å²) in [6.45, 7) is 1.78. The number of thioether (sulfide) groups is 1. The monoisotopic (exact) mass is 218 g/mol. The van der Waals surface area contributed by atoms with E-state index in [2.05, 4.69) is 10.3 Å². The Morgan fingerprint density at radius 3 is 3.14 bits per heavy atom. The number of methoxy groups -OCH3 is 1. The molecule has 0 aromatic carbocycles. The van der Waals surface area contributed by atoms with Crippen LogP contribution in [0.15, 0.2) is 4.99 Å². The second-order valence-corrected chi connectivity index (χ2v) is 3.71. The van der Waals surface area contributed by atoms with Gasteiger partial charge in [-0.1, -0.05) is 11.8 Å². The lowest BCUT2D eigenvalue weighted by atomic mass is 10.6. The molecule has 1 aliphatic rings. The topological polar surface area (TPSA) is 59.9 Å². The number of aliphatic imine (C=N–C) groups is 1. The summed E-state index contributed by atoms with van der Waals surface area (Å²) in [5.74, 6) is 0.786. The van der Waals surface area contributed by atoms with Gasteiger partial charge in [0.25, 0.3) is 5.91 Å². The molecule has 0 bridgehead atoms. The van der Waals surface area contributed by atoms with Crippen molar-refractivity contribution in [3.05, 3.63) is 0 Å². The molecular formula is C8H14N2O3S. The number of ether oxygens (including phenoxy) is 2. The van der Waals surface area contributed by atoms with Gasteiger partial charge in [-0.05, 0) is 0 Å². The Kier molecular flexibility index (Phi) is 5.58. The van der Waals surface area contributed by atoms with Gasteiger partial charge in [0.1, 0.15) is 6.61 Å². The highest BCUT2D eigenvalue weighted by atomic mass is 32.2. The first-order valence-electron chi connectivity index (χ1n) is 4.36. The smallest absolute Gasteiger partial charge is 0.251 e. The Hall–Kier alpha value is -0.590. The Labute approximate surface area is 87.2 Å². The standard InChI is InChI=1S/C8H14N2O3S/c1-12-3-4-13-6-7(11)10-8-9-2-5-14-8/h2-6H2,1H3,(H,9,10,11). The van der Waals surface area contributed by atoms with Crippen LogP contribution < -0.4 is 5.32 Å². The number of carbonyl (C=O) groups excluding carboxylic acids is 1. The molecule has 1 heterocycles. The van der Waals surface area contributed by atoms with E-state index in [1.165, 1.54) is 0 Å². The summed E-state index contributed by atoms with van der Waals surface area (Å²) in [5, 5.41) is 3.36. The molecule has 1 aliphatic heterocycles. The maximum absolute atomic E-state index is 11.2. The first-order valence-corrected chi connectivity index (χ1v) is 5.35. The highest BCUT2D eigenvalue weighted by molar-refractivity contribution is 8.14. The molecule has 0 aliphatic carbocycles. The molecule has 0 aromatic heterocycles. The molecular weight excluding hydrogens is 204 g/mol. The molecule has 0 atom stereocenters. The number of hydrogen-bond donors (Lipinski definition) is 1. The Morgan fingerprint density at radius 2 is 2.50 bits per heavy atom. The molecule has 0 fully saturated rings. The lowest BCUT2D eigenvalue weighted by Gasteiger charge is -2.04. The number of rotatable bonds is 5. The van der Waals surface area contributed by atoms with Crippen molar-refractivity contribution in [1.29, 1.82) is 0 Å². The van der Waals surface area contributed by atoms with E-state index in [9.17, 15) is 4.79 Å². The van der Waals surface area contributed by atoms with Gasteiger partial charge >= 0.3 is 0 Å². The fraction of sp³-hybridized carbons (Fsp3) is 0.750. The van der Waals surface area contributed by atoms with Crippen LogP contribution in [0.3, 0.4) is 0 Å². The lowest BCUT2D eigenvalue weighted by Crippen LogP contribution is -2.31. The van der Waals surface area contributed by atoms with E-state index < -0.39 is 0 Å². The summed E-state index contributed by atoms with van der Waals surface area (Å²) in [4.78, 5) is 15.3. The van der Waals surface area contributed by atoms with E-state index >= 15 is 0 Å². The molecule has 5 nitrogen and oxygen atoms in total. The fourth-order valence-corrected chi connectivity index (χ4v) is 1.62. The van der Waals surface area contributed by atoms with Gasteiger partial charge in [0.15, 0.2) is 5.17 Å². The second-order valence-electron chi connectivity index (χ2n) is 2.63. The number of nitrogens with one attached hydrogen (secondary N) is 1. The van der Waals surface area contributed by atoms with Gasteiger partial charge in [0.05, 0.1) is 19.8 Å². The van der Waals surface area contributed by atoms with E-state index in [4.69, 9.17) is 9.47 Å². The predicted octanol–water partition coefficient (Wildman–Crippen LogP) is -0.132. The van der Waals surface area contributed by atoms with Gasteiger partial charge in [-0.25, -0.2) is 0 Å². The number of carbonyl (C=O) groups is 1. The van der Waals surface area contributed by atoms with Crippen LogP contribution in [0.25, 0.3) is 0 Å². The van der Waals surface area contributed by atoms with Crippen LogP contribution in [-0.4, -0.2) is 50.3 Å². The molecule has 0 spiro atoms. The first kappa shape index (κ1) is 11.5. The molecule has 1 N–H and O–H groups in total. The molecule has 1 amide bonds. The number of hydrogen-bond acceptors (Lipinski definition) is 5. The fourth-order valence-electron chi connectivity index (χ4n) is 0.873. The highest BCUT2D eigenvalue weighted by Crippen LogP contribution is 2.08. The van der Waals surface area contributed by atoms with Crippen molar-refractivity contribution in [1.82, 2.24) is 5.32 Å². The maximum atomic E-state index is 11.2. The Bertz CT molecular complexity index is 221. The summed E-state index contributed by atoms with van der Waals surface area (Å²) >= 11 is 1.55. The van der Waals surface area contributed by atoms with Gasteiger partial charge in [0.2, 0.25) is 0 Å². The first-order chi connectivity index (χ1) is 6.83. The van der Waals surface area contributed by atoms with Gasteiger partial charge in [-0.15, -0.1) is 0 Å². The quantitative estimate of drug-likeness (QED) is 0.653. The SMILES string of the molecule is COCCOCC(=O)NC1=NCCS1. The van der Waals surface area contributed by atoms with Crippen molar-refractivity contribution in [3.8, 4) is 0 Å². The van der Waals surface area contributed by atoms with Gasteiger partial charge in [-0.2, -0.15) is 0 Å². The Morgan fingerprint density at radius 1 is 1.64 bits per heavy atom. The van der Waals surface area contributed by atoms with Crippen molar-refractivity contribution in [3.63, 3.8) is 0 Å². The second kappa shape index (κ2) is 6.80. The number of amides is 1. The van der Waals surface area contributed by atoms with E-state index in [-0.39, 0.29) is 12.5 Å². The van der Waals surface area contributed by atoms with E-state index in [0.29, 0.717) is 18.4 Å².